The van der Waals surface area contributed by atoms with Gasteiger partial charge in [-0.15, -0.1) is 10.2 Å². The number of ether oxygens (including phenoxy) is 1. The van der Waals surface area contributed by atoms with Crippen LogP contribution in [-0.4, -0.2) is 21.3 Å². The number of amides is 1. The zero-order valence-corrected chi connectivity index (χ0v) is 17.8. The zero-order chi connectivity index (χ0) is 21.1. The topological polar surface area (TPSA) is 90.1 Å². The first-order chi connectivity index (χ1) is 14.5. The van der Waals surface area contributed by atoms with Crippen LogP contribution in [-0.2, 0) is 6.61 Å². The number of aryl methyl sites for hydroxylation is 2. The lowest BCUT2D eigenvalue weighted by atomic mass is 10.2. The molecule has 0 atom stereocenters. The Kier molecular flexibility index (Phi) is 5.78. The lowest BCUT2D eigenvalue weighted by Gasteiger charge is -2.07. The van der Waals surface area contributed by atoms with Gasteiger partial charge in [-0.25, -0.2) is 0 Å². The van der Waals surface area contributed by atoms with Crippen molar-refractivity contribution in [3.63, 3.8) is 0 Å². The maximum absolute atomic E-state index is 12.6. The molecule has 1 N–H and O–H groups in total. The van der Waals surface area contributed by atoms with Crippen LogP contribution in [0.3, 0.4) is 0 Å². The summed E-state index contributed by atoms with van der Waals surface area (Å²) in [6.45, 7) is 4.00. The number of nitrogens with zero attached hydrogens (tertiary/aromatic N) is 3. The molecular weight excluding hydrogens is 424 g/mol. The highest BCUT2D eigenvalue weighted by atomic mass is 35.5. The molecule has 9 heteroatoms. The van der Waals surface area contributed by atoms with Crippen LogP contribution in [0.5, 0.6) is 5.75 Å². The molecule has 0 radical (unpaired) electrons. The van der Waals surface area contributed by atoms with E-state index >= 15 is 0 Å². The monoisotopic (exact) mass is 440 g/mol. The SMILES string of the molecule is Cc1noc(C)c1COc1cccc(C(=O)Nc2nnc(-c3ccccc3Cl)s2)c1. The number of carbonyl (C=O) groups is 1. The molecule has 0 saturated carbocycles. The van der Waals surface area contributed by atoms with Crippen LogP contribution in [0.15, 0.2) is 53.1 Å². The fraction of sp³-hybridized carbons (Fsp3) is 0.143. The smallest absolute Gasteiger partial charge is 0.257 e. The normalized spacial score (nSPS) is 10.8. The standard InChI is InChI=1S/C21H17ClN4O3S/c1-12-17(13(2)29-26-12)11-28-15-7-5-6-14(10-15)19(27)23-21-25-24-20(30-21)16-8-3-4-9-18(16)22/h3-10H,11H2,1-2H3,(H,23,25,27). The minimum atomic E-state index is -0.306. The second-order valence-corrected chi connectivity index (χ2v) is 7.85. The van der Waals surface area contributed by atoms with E-state index in [0.717, 1.165) is 16.8 Å². The van der Waals surface area contributed by atoms with Gasteiger partial charge in [-0.1, -0.05) is 52.4 Å². The molecule has 0 aliphatic carbocycles. The lowest BCUT2D eigenvalue weighted by Crippen LogP contribution is -2.11. The molecule has 2 heterocycles. The van der Waals surface area contributed by atoms with E-state index in [1.165, 1.54) is 11.3 Å². The average Bonchev–Trinajstić information content (AvgIpc) is 3.33. The van der Waals surface area contributed by atoms with Gasteiger partial charge >= 0.3 is 0 Å². The lowest BCUT2D eigenvalue weighted by molar-refractivity contribution is 0.102. The molecule has 0 spiro atoms. The van der Waals surface area contributed by atoms with E-state index in [9.17, 15) is 4.79 Å². The molecule has 0 aliphatic rings. The zero-order valence-electron chi connectivity index (χ0n) is 16.2. The molecule has 4 rings (SSSR count). The summed E-state index contributed by atoms with van der Waals surface area (Å²) in [4.78, 5) is 12.6. The van der Waals surface area contributed by atoms with Gasteiger partial charge in [0.15, 0.2) is 5.01 Å². The molecule has 0 fully saturated rings. The summed E-state index contributed by atoms with van der Waals surface area (Å²) in [7, 11) is 0. The van der Waals surface area contributed by atoms with E-state index in [1.807, 2.05) is 32.0 Å². The van der Waals surface area contributed by atoms with Crippen LogP contribution in [0.2, 0.25) is 5.02 Å². The van der Waals surface area contributed by atoms with Crippen molar-refractivity contribution < 1.29 is 14.1 Å². The number of carbonyl (C=O) groups excluding carboxylic acids is 1. The molecule has 0 saturated heterocycles. The van der Waals surface area contributed by atoms with E-state index in [4.69, 9.17) is 20.9 Å². The number of benzene rings is 2. The van der Waals surface area contributed by atoms with E-state index < -0.39 is 0 Å². The van der Waals surface area contributed by atoms with Crippen LogP contribution < -0.4 is 10.1 Å². The number of hydrogen-bond donors (Lipinski definition) is 1. The summed E-state index contributed by atoms with van der Waals surface area (Å²) in [5.74, 6) is 0.975. The second-order valence-electron chi connectivity index (χ2n) is 6.47. The largest absolute Gasteiger partial charge is 0.489 e. The first-order valence-electron chi connectivity index (χ1n) is 9.05. The molecule has 4 aromatic rings. The van der Waals surface area contributed by atoms with Crippen molar-refractivity contribution in [3.8, 4) is 16.3 Å². The third-order valence-corrected chi connectivity index (χ3v) is 5.61. The van der Waals surface area contributed by atoms with Gasteiger partial charge in [-0.2, -0.15) is 0 Å². The van der Waals surface area contributed by atoms with Crippen molar-refractivity contribution in [2.45, 2.75) is 20.5 Å². The molecule has 2 aromatic carbocycles. The van der Waals surface area contributed by atoms with Gasteiger partial charge in [0.05, 0.1) is 16.3 Å². The molecule has 7 nitrogen and oxygen atoms in total. The summed E-state index contributed by atoms with van der Waals surface area (Å²) in [6.07, 6.45) is 0. The predicted octanol–water partition coefficient (Wildman–Crippen LogP) is 5.29. The van der Waals surface area contributed by atoms with Gasteiger partial charge in [0, 0.05) is 11.1 Å². The fourth-order valence-corrected chi connectivity index (χ4v) is 3.84. The average molecular weight is 441 g/mol. The maximum Gasteiger partial charge on any atom is 0.257 e. The number of hydrogen-bond acceptors (Lipinski definition) is 7. The first kappa shape index (κ1) is 20.1. The summed E-state index contributed by atoms with van der Waals surface area (Å²) in [5.41, 5.74) is 2.89. The summed E-state index contributed by atoms with van der Waals surface area (Å²) < 4.78 is 10.9. The Bertz CT molecular complexity index is 1180. The van der Waals surface area contributed by atoms with Gasteiger partial charge in [0.25, 0.3) is 5.91 Å². The summed E-state index contributed by atoms with van der Waals surface area (Å²) in [5, 5.41) is 16.4. The number of aromatic nitrogens is 3. The van der Waals surface area contributed by atoms with Gasteiger partial charge in [-0.3, -0.25) is 10.1 Å². The summed E-state index contributed by atoms with van der Waals surface area (Å²) in [6, 6.07) is 14.3. The van der Waals surface area contributed by atoms with Crippen molar-refractivity contribution >= 4 is 34.0 Å². The Morgan fingerprint density at radius 2 is 2.00 bits per heavy atom. The second kappa shape index (κ2) is 8.64. The molecule has 30 heavy (non-hydrogen) atoms. The summed E-state index contributed by atoms with van der Waals surface area (Å²) >= 11 is 7.45. The number of anilines is 1. The minimum Gasteiger partial charge on any atom is -0.489 e. The van der Waals surface area contributed by atoms with Crippen molar-refractivity contribution in [2.24, 2.45) is 0 Å². The Labute approximate surface area is 181 Å². The Balaban J connectivity index is 1.44. The molecular formula is C21H17ClN4O3S. The molecule has 1 amide bonds. The van der Waals surface area contributed by atoms with E-state index in [2.05, 4.69) is 20.7 Å². The van der Waals surface area contributed by atoms with Crippen LogP contribution in [0.25, 0.3) is 10.6 Å². The van der Waals surface area contributed by atoms with E-state index in [-0.39, 0.29) is 5.91 Å². The van der Waals surface area contributed by atoms with Crippen molar-refractivity contribution in [1.29, 1.82) is 0 Å². The third kappa shape index (κ3) is 4.34. The minimum absolute atomic E-state index is 0.306. The molecule has 0 aliphatic heterocycles. The van der Waals surface area contributed by atoms with Crippen molar-refractivity contribution in [2.75, 3.05) is 5.32 Å². The molecule has 0 unspecified atom stereocenters. The van der Waals surface area contributed by atoms with Crippen LogP contribution >= 0.6 is 22.9 Å². The predicted molar refractivity (Wildman–Crippen MR) is 115 cm³/mol. The van der Waals surface area contributed by atoms with Gasteiger partial charge in [0.2, 0.25) is 5.13 Å². The molecule has 152 valence electrons. The van der Waals surface area contributed by atoms with Crippen molar-refractivity contribution in [1.82, 2.24) is 15.4 Å². The van der Waals surface area contributed by atoms with E-state index in [1.54, 1.807) is 30.3 Å². The number of halogens is 1. The van der Waals surface area contributed by atoms with Gasteiger partial charge in [-0.05, 0) is 38.1 Å². The van der Waals surface area contributed by atoms with Crippen LogP contribution in [0.1, 0.15) is 27.4 Å². The van der Waals surface area contributed by atoms with Crippen molar-refractivity contribution in [3.05, 3.63) is 76.1 Å². The Hall–Kier alpha value is -3.23. The van der Waals surface area contributed by atoms with E-state index in [0.29, 0.717) is 38.8 Å². The Morgan fingerprint density at radius 1 is 1.17 bits per heavy atom. The molecule has 0 bridgehead atoms. The highest BCUT2D eigenvalue weighted by molar-refractivity contribution is 7.18. The van der Waals surface area contributed by atoms with Crippen LogP contribution in [0, 0.1) is 13.8 Å². The number of rotatable bonds is 6. The highest BCUT2D eigenvalue weighted by Gasteiger charge is 2.14. The van der Waals surface area contributed by atoms with Gasteiger partial charge < -0.3 is 9.26 Å². The van der Waals surface area contributed by atoms with Gasteiger partial charge in [0.1, 0.15) is 18.1 Å². The first-order valence-corrected chi connectivity index (χ1v) is 10.2. The maximum atomic E-state index is 12.6. The third-order valence-electron chi connectivity index (χ3n) is 4.41. The molecule has 2 aromatic heterocycles. The highest BCUT2D eigenvalue weighted by Crippen LogP contribution is 2.31. The Morgan fingerprint density at radius 3 is 2.77 bits per heavy atom. The fourth-order valence-electron chi connectivity index (χ4n) is 2.78. The number of nitrogens with one attached hydrogen (secondary N) is 1. The van der Waals surface area contributed by atoms with Crippen LogP contribution in [0.4, 0.5) is 5.13 Å². The quantitative estimate of drug-likeness (QED) is 0.437.